The van der Waals surface area contributed by atoms with Gasteiger partial charge in [-0.3, -0.25) is 4.79 Å². The van der Waals surface area contributed by atoms with Crippen molar-refractivity contribution in [2.75, 3.05) is 0 Å². The zero-order valence-corrected chi connectivity index (χ0v) is 6.71. The SMILES string of the molecule is CC12C(=O)C(CC1N)CC2N. The number of ketones is 1. The highest BCUT2D eigenvalue weighted by molar-refractivity contribution is 5.93. The summed E-state index contributed by atoms with van der Waals surface area (Å²) in [6.45, 7) is 1.91. The Hall–Kier alpha value is -0.410. The second-order valence-corrected chi connectivity index (χ2v) is 4.03. The standard InChI is InChI=1S/C8H14N2O/c1-8-5(9)2-4(7(8)11)3-6(8)10/h4-6H,2-3,9-10H2,1H3. The van der Waals surface area contributed by atoms with E-state index in [1.807, 2.05) is 6.92 Å². The van der Waals surface area contributed by atoms with E-state index in [1.165, 1.54) is 0 Å². The Morgan fingerprint density at radius 2 is 1.82 bits per heavy atom. The topological polar surface area (TPSA) is 69.1 Å². The third kappa shape index (κ3) is 0.631. The van der Waals surface area contributed by atoms with Crippen LogP contribution in [0.3, 0.4) is 0 Å². The summed E-state index contributed by atoms with van der Waals surface area (Å²) in [7, 11) is 0. The molecule has 4 N–H and O–H groups in total. The van der Waals surface area contributed by atoms with E-state index < -0.39 is 5.41 Å². The van der Waals surface area contributed by atoms with E-state index in [0.717, 1.165) is 12.8 Å². The van der Waals surface area contributed by atoms with Gasteiger partial charge in [0.15, 0.2) is 0 Å². The predicted molar refractivity (Wildman–Crippen MR) is 41.8 cm³/mol. The molecular formula is C8H14N2O. The second-order valence-electron chi connectivity index (χ2n) is 4.03. The van der Waals surface area contributed by atoms with Crippen molar-refractivity contribution in [1.29, 1.82) is 0 Å². The van der Waals surface area contributed by atoms with Gasteiger partial charge in [-0.05, 0) is 19.8 Å². The smallest absolute Gasteiger partial charge is 0.145 e. The molecule has 0 aliphatic heterocycles. The summed E-state index contributed by atoms with van der Waals surface area (Å²) in [5.41, 5.74) is 11.3. The fourth-order valence-corrected chi connectivity index (χ4v) is 2.49. The molecule has 0 heterocycles. The number of hydrogen-bond donors (Lipinski definition) is 2. The molecule has 2 rings (SSSR count). The normalized spacial score (nSPS) is 55.5. The van der Waals surface area contributed by atoms with Crippen LogP contribution in [-0.2, 0) is 4.79 Å². The van der Waals surface area contributed by atoms with E-state index in [-0.39, 0.29) is 18.0 Å². The molecule has 0 saturated heterocycles. The monoisotopic (exact) mass is 154 g/mol. The van der Waals surface area contributed by atoms with Gasteiger partial charge in [-0.25, -0.2) is 0 Å². The third-order valence-electron chi connectivity index (χ3n) is 3.52. The fourth-order valence-electron chi connectivity index (χ4n) is 2.49. The number of Topliss-reactive ketones (excluding diaryl/α,β-unsaturated/α-hetero) is 1. The maximum Gasteiger partial charge on any atom is 0.145 e. The van der Waals surface area contributed by atoms with Crippen molar-refractivity contribution >= 4 is 5.78 Å². The molecule has 2 aliphatic carbocycles. The Balaban J connectivity index is 2.41. The van der Waals surface area contributed by atoms with Crippen LogP contribution in [0.5, 0.6) is 0 Å². The van der Waals surface area contributed by atoms with E-state index >= 15 is 0 Å². The first kappa shape index (κ1) is 7.25. The van der Waals surface area contributed by atoms with Gasteiger partial charge >= 0.3 is 0 Å². The zero-order chi connectivity index (χ0) is 8.22. The van der Waals surface area contributed by atoms with Crippen LogP contribution >= 0.6 is 0 Å². The molecule has 2 bridgehead atoms. The quantitative estimate of drug-likeness (QED) is 0.500. The molecule has 0 spiro atoms. The molecule has 3 nitrogen and oxygen atoms in total. The minimum absolute atomic E-state index is 0.00347. The Kier molecular flexibility index (Phi) is 1.22. The predicted octanol–water partition coefficient (Wildman–Crippen LogP) is -0.360. The maximum atomic E-state index is 11.6. The largest absolute Gasteiger partial charge is 0.327 e. The summed E-state index contributed by atoms with van der Waals surface area (Å²) in [5.74, 6) is 0.475. The number of hydrogen-bond acceptors (Lipinski definition) is 3. The van der Waals surface area contributed by atoms with E-state index in [0.29, 0.717) is 5.78 Å². The summed E-state index contributed by atoms with van der Waals surface area (Å²) in [5, 5.41) is 0. The van der Waals surface area contributed by atoms with Crippen molar-refractivity contribution in [2.45, 2.75) is 31.8 Å². The van der Waals surface area contributed by atoms with Crippen LogP contribution in [0, 0.1) is 11.3 Å². The van der Waals surface area contributed by atoms with E-state index in [2.05, 4.69) is 0 Å². The molecule has 2 aliphatic rings. The zero-order valence-electron chi connectivity index (χ0n) is 6.71. The van der Waals surface area contributed by atoms with Gasteiger partial charge in [-0.2, -0.15) is 0 Å². The molecule has 0 amide bonds. The average Bonchev–Trinajstić information content (AvgIpc) is 2.25. The minimum Gasteiger partial charge on any atom is -0.327 e. The Bertz CT molecular complexity index is 202. The molecule has 2 fully saturated rings. The Labute approximate surface area is 66.1 Å². The van der Waals surface area contributed by atoms with Crippen LogP contribution in [0.15, 0.2) is 0 Å². The molecule has 0 aromatic rings. The summed E-state index contributed by atoms with van der Waals surface area (Å²) in [4.78, 5) is 11.6. The molecular weight excluding hydrogens is 140 g/mol. The van der Waals surface area contributed by atoms with Crippen molar-refractivity contribution in [3.05, 3.63) is 0 Å². The van der Waals surface area contributed by atoms with E-state index in [4.69, 9.17) is 11.5 Å². The summed E-state index contributed by atoms with van der Waals surface area (Å²) in [6, 6.07) is 0.00694. The highest BCUT2D eigenvalue weighted by Gasteiger charge is 2.59. The molecule has 2 atom stereocenters. The fraction of sp³-hybridized carbons (Fsp3) is 0.875. The van der Waals surface area contributed by atoms with Gasteiger partial charge in [-0.15, -0.1) is 0 Å². The van der Waals surface area contributed by atoms with Gasteiger partial charge in [0, 0.05) is 18.0 Å². The molecule has 3 heteroatoms. The highest BCUT2D eigenvalue weighted by Crippen LogP contribution is 2.49. The molecule has 2 saturated carbocycles. The lowest BCUT2D eigenvalue weighted by atomic mass is 9.78. The summed E-state index contributed by atoms with van der Waals surface area (Å²) in [6.07, 6.45) is 1.70. The van der Waals surface area contributed by atoms with Gasteiger partial charge in [0.25, 0.3) is 0 Å². The van der Waals surface area contributed by atoms with Crippen molar-refractivity contribution in [1.82, 2.24) is 0 Å². The lowest BCUT2D eigenvalue weighted by Crippen LogP contribution is -2.50. The first-order chi connectivity index (χ1) is 5.06. The van der Waals surface area contributed by atoms with Crippen LogP contribution in [0.4, 0.5) is 0 Å². The Morgan fingerprint density at radius 1 is 1.36 bits per heavy atom. The number of fused-ring (bicyclic) bond motifs is 2. The van der Waals surface area contributed by atoms with Gasteiger partial charge in [0.05, 0.1) is 5.41 Å². The second kappa shape index (κ2) is 1.84. The van der Waals surface area contributed by atoms with Crippen LogP contribution in [0.2, 0.25) is 0 Å². The third-order valence-corrected chi connectivity index (χ3v) is 3.52. The van der Waals surface area contributed by atoms with E-state index in [1.54, 1.807) is 0 Å². The first-order valence-corrected chi connectivity index (χ1v) is 4.12. The van der Waals surface area contributed by atoms with Crippen molar-refractivity contribution in [2.24, 2.45) is 22.8 Å². The molecule has 0 radical (unpaired) electrons. The van der Waals surface area contributed by atoms with Gasteiger partial charge in [0.2, 0.25) is 0 Å². The van der Waals surface area contributed by atoms with E-state index in [9.17, 15) is 4.79 Å². The number of carbonyl (C=O) groups is 1. The highest BCUT2D eigenvalue weighted by atomic mass is 16.1. The molecule has 0 aromatic heterocycles. The lowest BCUT2D eigenvalue weighted by Gasteiger charge is -2.31. The Morgan fingerprint density at radius 3 is 2.00 bits per heavy atom. The number of carbonyl (C=O) groups excluding carboxylic acids is 1. The van der Waals surface area contributed by atoms with Crippen LogP contribution in [0.25, 0.3) is 0 Å². The van der Waals surface area contributed by atoms with Crippen molar-refractivity contribution in [3.63, 3.8) is 0 Å². The number of rotatable bonds is 0. The summed E-state index contributed by atoms with van der Waals surface area (Å²) < 4.78 is 0. The maximum absolute atomic E-state index is 11.6. The minimum atomic E-state index is -0.398. The van der Waals surface area contributed by atoms with Gasteiger partial charge < -0.3 is 11.5 Å². The van der Waals surface area contributed by atoms with Crippen LogP contribution < -0.4 is 11.5 Å². The molecule has 0 aromatic carbocycles. The van der Waals surface area contributed by atoms with Crippen LogP contribution in [0.1, 0.15) is 19.8 Å². The number of nitrogens with two attached hydrogens (primary N) is 2. The lowest BCUT2D eigenvalue weighted by molar-refractivity contribution is -0.125. The van der Waals surface area contributed by atoms with Gasteiger partial charge in [-0.1, -0.05) is 0 Å². The van der Waals surface area contributed by atoms with Gasteiger partial charge in [0.1, 0.15) is 5.78 Å². The first-order valence-electron chi connectivity index (χ1n) is 4.12. The van der Waals surface area contributed by atoms with Crippen molar-refractivity contribution in [3.8, 4) is 0 Å². The summed E-state index contributed by atoms with van der Waals surface area (Å²) >= 11 is 0. The van der Waals surface area contributed by atoms with Crippen LogP contribution in [-0.4, -0.2) is 17.9 Å². The average molecular weight is 154 g/mol. The molecule has 62 valence electrons. The van der Waals surface area contributed by atoms with Crippen molar-refractivity contribution < 1.29 is 4.79 Å². The molecule has 11 heavy (non-hydrogen) atoms. The molecule has 2 unspecified atom stereocenters.